The molecule has 1 N–H and O–H groups in total. The third-order valence-corrected chi connectivity index (χ3v) is 2.84. The van der Waals surface area contributed by atoms with E-state index in [4.69, 9.17) is 4.74 Å². The summed E-state index contributed by atoms with van der Waals surface area (Å²) >= 11 is 0. The first-order chi connectivity index (χ1) is 8.70. The highest BCUT2D eigenvalue weighted by molar-refractivity contribution is 5.43. The van der Waals surface area contributed by atoms with E-state index < -0.39 is 4.92 Å². The number of hydrogen-bond acceptors (Lipinski definition) is 6. The minimum absolute atomic E-state index is 0.0128. The van der Waals surface area contributed by atoms with Gasteiger partial charge in [-0.25, -0.2) is 4.98 Å². The van der Waals surface area contributed by atoms with E-state index >= 15 is 0 Å². The highest BCUT2D eigenvalue weighted by Crippen LogP contribution is 2.18. The van der Waals surface area contributed by atoms with E-state index in [-0.39, 0.29) is 11.8 Å². The quantitative estimate of drug-likeness (QED) is 0.617. The van der Waals surface area contributed by atoms with Crippen molar-refractivity contribution in [1.29, 1.82) is 0 Å². The van der Waals surface area contributed by atoms with Gasteiger partial charge >= 0.3 is 0 Å². The topological polar surface area (TPSA) is 80.5 Å². The molecule has 1 aliphatic rings. The minimum atomic E-state index is -0.445. The number of morpholine rings is 1. The number of hydrogen-bond donors (Lipinski definition) is 1. The molecule has 1 aromatic heterocycles. The highest BCUT2D eigenvalue weighted by Gasteiger charge is 2.21. The fraction of sp³-hybridized carbons (Fsp3) is 0.545. The molecule has 1 saturated heterocycles. The van der Waals surface area contributed by atoms with Gasteiger partial charge in [-0.15, -0.1) is 0 Å². The van der Waals surface area contributed by atoms with E-state index in [1.54, 1.807) is 6.07 Å². The smallest absolute Gasteiger partial charge is 0.287 e. The summed E-state index contributed by atoms with van der Waals surface area (Å²) in [5.74, 6) is 0.755. The predicted molar refractivity (Wildman–Crippen MR) is 66.8 cm³/mol. The van der Waals surface area contributed by atoms with Crippen LogP contribution in [0, 0.1) is 10.1 Å². The summed E-state index contributed by atoms with van der Waals surface area (Å²) in [7, 11) is 1.88. The van der Waals surface area contributed by atoms with Crippen LogP contribution in [0.15, 0.2) is 18.3 Å². The number of rotatable bonds is 4. The molecule has 1 unspecified atom stereocenters. The first kappa shape index (κ1) is 12.7. The Kier molecular flexibility index (Phi) is 4.06. The fourth-order valence-corrected chi connectivity index (χ4v) is 1.95. The molecule has 2 heterocycles. The first-order valence-electron chi connectivity index (χ1n) is 5.82. The second-order valence-electron chi connectivity index (χ2n) is 4.13. The second kappa shape index (κ2) is 5.74. The molecule has 1 fully saturated rings. The lowest BCUT2D eigenvalue weighted by Gasteiger charge is -2.33. The standard InChI is InChI=1S/C11H16N4O3/c1-12-7-10-8-14(4-5-18-10)11-3-2-9(6-13-11)15(16)17/h2-3,6,10,12H,4-5,7-8H2,1H3. The van der Waals surface area contributed by atoms with Gasteiger partial charge in [0, 0.05) is 25.7 Å². The first-order valence-corrected chi connectivity index (χ1v) is 5.82. The lowest BCUT2D eigenvalue weighted by Crippen LogP contribution is -2.46. The van der Waals surface area contributed by atoms with Crippen LogP contribution >= 0.6 is 0 Å². The van der Waals surface area contributed by atoms with Gasteiger partial charge in [-0.2, -0.15) is 0 Å². The van der Waals surface area contributed by atoms with E-state index in [2.05, 4.69) is 15.2 Å². The maximum Gasteiger partial charge on any atom is 0.287 e. The molecule has 0 spiro atoms. The second-order valence-corrected chi connectivity index (χ2v) is 4.13. The van der Waals surface area contributed by atoms with E-state index in [0.717, 1.165) is 25.5 Å². The summed E-state index contributed by atoms with van der Waals surface area (Å²) < 4.78 is 5.59. The van der Waals surface area contributed by atoms with Crippen LogP contribution in [0.1, 0.15) is 0 Å². The van der Waals surface area contributed by atoms with Crippen LogP contribution < -0.4 is 10.2 Å². The van der Waals surface area contributed by atoms with Crippen molar-refractivity contribution in [3.8, 4) is 0 Å². The van der Waals surface area contributed by atoms with Crippen LogP contribution in [0.5, 0.6) is 0 Å². The molecular formula is C11H16N4O3. The summed E-state index contributed by atoms with van der Waals surface area (Å²) in [6.45, 7) is 2.92. The molecule has 7 nitrogen and oxygen atoms in total. The maximum atomic E-state index is 10.5. The van der Waals surface area contributed by atoms with Crippen molar-refractivity contribution in [3.05, 3.63) is 28.4 Å². The fourth-order valence-electron chi connectivity index (χ4n) is 1.95. The predicted octanol–water partition coefficient (Wildman–Crippen LogP) is 0.414. The van der Waals surface area contributed by atoms with Crippen LogP contribution in [0.2, 0.25) is 0 Å². The Hall–Kier alpha value is -1.73. The Bertz CT molecular complexity index is 407. The van der Waals surface area contributed by atoms with Gasteiger partial charge in [0.1, 0.15) is 12.0 Å². The van der Waals surface area contributed by atoms with Gasteiger partial charge in [-0.1, -0.05) is 0 Å². The molecule has 1 aromatic rings. The van der Waals surface area contributed by atoms with Gasteiger partial charge < -0.3 is 15.0 Å². The number of anilines is 1. The summed E-state index contributed by atoms with van der Waals surface area (Å²) in [6, 6.07) is 3.16. The maximum absolute atomic E-state index is 10.5. The molecular weight excluding hydrogens is 236 g/mol. The molecule has 7 heteroatoms. The van der Waals surface area contributed by atoms with Crippen LogP contribution in [0.3, 0.4) is 0 Å². The van der Waals surface area contributed by atoms with Gasteiger partial charge in [0.2, 0.25) is 0 Å². The van der Waals surface area contributed by atoms with E-state index in [9.17, 15) is 10.1 Å². The number of pyridine rings is 1. The lowest BCUT2D eigenvalue weighted by atomic mass is 10.2. The number of nitro groups is 1. The molecule has 0 radical (unpaired) electrons. The van der Waals surface area contributed by atoms with Crippen LogP contribution in [0.25, 0.3) is 0 Å². The molecule has 18 heavy (non-hydrogen) atoms. The van der Waals surface area contributed by atoms with Crippen molar-refractivity contribution in [2.75, 3.05) is 38.2 Å². The molecule has 98 valence electrons. The van der Waals surface area contributed by atoms with Gasteiger partial charge in [0.05, 0.1) is 17.6 Å². The average Bonchev–Trinajstić information content (AvgIpc) is 2.39. The third-order valence-electron chi connectivity index (χ3n) is 2.84. The number of likely N-dealkylation sites (N-methyl/N-ethyl adjacent to an activating group) is 1. The molecule has 2 rings (SSSR count). The van der Waals surface area contributed by atoms with Crippen molar-refractivity contribution in [2.45, 2.75) is 6.10 Å². The van der Waals surface area contributed by atoms with Crippen molar-refractivity contribution in [2.24, 2.45) is 0 Å². The molecule has 0 aliphatic carbocycles. The number of nitrogens with one attached hydrogen (secondary N) is 1. The number of nitrogens with zero attached hydrogens (tertiary/aromatic N) is 3. The Morgan fingerprint density at radius 2 is 2.50 bits per heavy atom. The Labute approximate surface area is 105 Å². The Morgan fingerprint density at radius 3 is 3.11 bits per heavy atom. The molecule has 1 atom stereocenters. The summed E-state index contributed by atoms with van der Waals surface area (Å²) in [5, 5.41) is 13.6. The SMILES string of the molecule is CNCC1CN(c2ccc([N+](=O)[O-])cn2)CCO1. The Balaban J connectivity index is 2.04. The van der Waals surface area contributed by atoms with Crippen LogP contribution in [0.4, 0.5) is 11.5 Å². The van der Waals surface area contributed by atoms with Gasteiger partial charge in [0.15, 0.2) is 0 Å². The van der Waals surface area contributed by atoms with Gasteiger partial charge in [0.25, 0.3) is 5.69 Å². The van der Waals surface area contributed by atoms with E-state index in [1.165, 1.54) is 12.3 Å². The number of aromatic nitrogens is 1. The zero-order chi connectivity index (χ0) is 13.0. The summed E-state index contributed by atoms with van der Waals surface area (Å²) in [5.41, 5.74) is 0.0128. The van der Waals surface area contributed by atoms with Crippen molar-refractivity contribution >= 4 is 11.5 Å². The van der Waals surface area contributed by atoms with Crippen molar-refractivity contribution in [1.82, 2.24) is 10.3 Å². The summed E-state index contributed by atoms with van der Waals surface area (Å²) in [6.07, 6.45) is 1.42. The lowest BCUT2D eigenvalue weighted by molar-refractivity contribution is -0.385. The molecule has 0 amide bonds. The van der Waals surface area contributed by atoms with E-state index in [0.29, 0.717) is 6.61 Å². The number of ether oxygens (including phenoxy) is 1. The van der Waals surface area contributed by atoms with E-state index in [1.807, 2.05) is 7.05 Å². The van der Waals surface area contributed by atoms with Gasteiger partial charge in [-0.05, 0) is 13.1 Å². The highest BCUT2D eigenvalue weighted by atomic mass is 16.6. The minimum Gasteiger partial charge on any atom is -0.373 e. The molecule has 1 aliphatic heterocycles. The van der Waals surface area contributed by atoms with Gasteiger partial charge in [-0.3, -0.25) is 10.1 Å². The third kappa shape index (κ3) is 2.93. The normalized spacial score (nSPS) is 19.8. The van der Waals surface area contributed by atoms with Crippen molar-refractivity contribution < 1.29 is 9.66 Å². The zero-order valence-electron chi connectivity index (χ0n) is 10.2. The average molecular weight is 252 g/mol. The largest absolute Gasteiger partial charge is 0.373 e. The molecule has 0 saturated carbocycles. The summed E-state index contributed by atoms with van der Waals surface area (Å²) in [4.78, 5) is 16.3. The Morgan fingerprint density at radius 1 is 1.67 bits per heavy atom. The van der Waals surface area contributed by atoms with Crippen LogP contribution in [-0.2, 0) is 4.74 Å². The monoisotopic (exact) mass is 252 g/mol. The zero-order valence-corrected chi connectivity index (χ0v) is 10.2. The van der Waals surface area contributed by atoms with Crippen molar-refractivity contribution in [3.63, 3.8) is 0 Å². The molecule has 0 bridgehead atoms. The van der Waals surface area contributed by atoms with Crippen LogP contribution in [-0.4, -0.2) is 49.3 Å². The molecule has 0 aromatic carbocycles.